The summed E-state index contributed by atoms with van der Waals surface area (Å²) < 4.78 is 2.05. The molecule has 0 saturated carbocycles. The molecular weight excluding hydrogens is 198 g/mol. The lowest BCUT2D eigenvalue weighted by Crippen LogP contribution is -1.98. The molecule has 0 atom stereocenters. The summed E-state index contributed by atoms with van der Waals surface area (Å²) >= 11 is 1.70. The summed E-state index contributed by atoms with van der Waals surface area (Å²) in [5, 5.41) is 8.65. The fraction of sp³-hybridized carbons (Fsp3) is 0.300. The number of aromatic nitrogens is 1. The van der Waals surface area contributed by atoms with Crippen molar-refractivity contribution >= 4 is 22.1 Å². The number of aliphatic carboxylic acids is 1. The van der Waals surface area contributed by atoms with E-state index in [0.717, 1.165) is 10.4 Å². The lowest BCUT2D eigenvalue weighted by Gasteiger charge is -1.91. The summed E-state index contributed by atoms with van der Waals surface area (Å²) in [5.74, 6) is -0.780. The largest absolute Gasteiger partial charge is 0.481 e. The van der Waals surface area contributed by atoms with E-state index < -0.39 is 5.97 Å². The molecule has 0 saturated heterocycles. The van der Waals surface area contributed by atoms with Crippen molar-refractivity contribution in [1.29, 1.82) is 0 Å². The summed E-state index contributed by atoms with van der Waals surface area (Å²) in [6.07, 6.45) is 2.01. The molecule has 0 aliphatic carbocycles. The van der Waals surface area contributed by atoms with Crippen molar-refractivity contribution in [2.45, 2.75) is 20.3 Å². The number of aryl methyl sites for hydroxylation is 2. The predicted octanol–water partition coefficient (Wildman–Crippen LogP) is 2.24. The van der Waals surface area contributed by atoms with Gasteiger partial charge in [-0.25, -0.2) is 0 Å². The molecule has 2 heterocycles. The van der Waals surface area contributed by atoms with Gasteiger partial charge in [-0.3, -0.25) is 4.79 Å². The molecule has 14 heavy (non-hydrogen) atoms. The van der Waals surface area contributed by atoms with Crippen LogP contribution in [0.2, 0.25) is 0 Å². The second-order valence-electron chi connectivity index (χ2n) is 3.37. The molecule has 2 aromatic rings. The highest BCUT2D eigenvalue weighted by Gasteiger charge is 2.08. The molecule has 0 radical (unpaired) electrons. The molecule has 0 fully saturated rings. The van der Waals surface area contributed by atoms with Gasteiger partial charge in [0.05, 0.1) is 11.3 Å². The molecule has 0 spiro atoms. The Morgan fingerprint density at radius 3 is 2.86 bits per heavy atom. The average molecular weight is 209 g/mol. The Labute approximate surface area is 85.6 Å². The van der Waals surface area contributed by atoms with E-state index >= 15 is 0 Å². The van der Waals surface area contributed by atoms with Gasteiger partial charge in [-0.2, -0.15) is 0 Å². The Morgan fingerprint density at radius 2 is 2.29 bits per heavy atom. The van der Waals surface area contributed by atoms with Crippen LogP contribution in [0.4, 0.5) is 0 Å². The van der Waals surface area contributed by atoms with E-state index in [-0.39, 0.29) is 6.42 Å². The minimum absolute atomic E-state index is 0.104. The molecule has 3 nitrogen and oxygen atoms in total. The molecule has 1 N–H and O–H groups in total. The van der Waals surface area contributed by atoms with Gasteiger partial charge in [-0.1, -0.05) is 0 Å². The summed E-state index contributed by atoms with van der Waals surface area (Å²) in [4.78, 5) is 12.9. The van der Waals surface area contributed by atoms with Crippen molar-refractivity contribution in [1.82, 2.24) is 4.40 Å². The van der Waals surface area contributed by atoms with Crippen LogP contribution in [0.25, 0.3) is 4.83 Å². The van der Waals surface area contributed by atoms with Gasteiger partial charge in [-0.15, -0.1) is 11.3 Å². The van der Waals surface area contributed by atoms with Crippen LogP contribution in [0.5, 0.6) is 0 Å². The summed E-state index contributed by atoms with van der Waals surface area (Å²) in [6, 6.07) is 1.94. The van der Waals surface area contributed by atoms with Crippen molar-refractivity contribution in [2.24, 2.45) is 0 Å². The van der Waals surface area contributed by atoms with Crippen LogP contribution in [0.15, 0.2) is 12.3 Å². The number of carboxylic acid groups (broad SMARTS) is 1. The Morgan fingerprint density at radius 1 is 1.57 bits per heavy atom. The number of thiazole rings is 1. The standard InChI is InChI=1S/C10H11NO2S/c1-6-7(2)14-9-3-8(4-10(12)13)5-11(6)9/h3,5H,4H2,1-2H3,(H,12,13). The fourth-order valence-corrected chi connectivity index (χ4v) is 2.57. The van der Waals surface area contributed by atoms with Crippen molar-refractivity contribution in [2.75, 3.05) is 0 Å². The van der Waals surface area contributed by atoms with Crippen LogP contribution < -0.4 is 0 Å². The van der Waals surface area contributed by atoms with Crippen LogP contribution in [0.3, 0.4) is 0 Å². The quantitative estimate of drug-likeness (QED) is 0.824. The molecule has 2 rings (SSSR count). The van der Waals surface area contributed by atoms with Gasteiger partial charge in [0.2, 0.25) is 0 Å². The van der Waals surface area contributed by atoms with E-state index in [1.54, 1.807) is 11.3 Å². The maximum atomic E-state index is 10.5. The predicted molar refractivity (Wildman–Crippen MR) is 56.1 cm³/mol. The molecule has 4 heteroatoms. The topological polar surface area (TPSA) is 41.7 Å². The van der Waals surface area contributed by atoms with Crippen molar-refractivity contribution in [3.8, 4) is 0 Å². The third-order valence-corrected chi connectivity index (χ3v) is 3.45. The van der Waals surface area contributed by atoms with Crippen LogP contribution in [0.1, 0.15) is 16.1 Å². The summed E-state index contributed by atoms with van der Waals surface area (Å²) in [5.41, 5.74) is 2.06. The molecular formula is C10H11NO2S. The lowest BCUT2D eigenvalue weighted by atomic mass is 10.2. The monoisotopic (exact) mass is 209 g/mol. The van der Waals surface area contributed by atoms with Crippen molar-refractivity contribution in [3.05, 3.63) is 28.4 Å². The smallest absolute Gasteiger partial charge is 0.307 e. The zero-order valence-electron chi connectivity index (χ0n) is 8.07. The molecule has 2 aromatic heterocycles. The zero-order valence-corrected chi connectivity index (χ0v) is 8.89. The highest BCUT2D eigenvalue weighted by Crippen LogP contribution is 2.24. The van der Waals surface area contributed by atoms with Gasteiger partial charge in [0.15, 0.2) is 0 Å². The minimum atomic E-state index is -0.780. The first kappa shape index (κ1) is 9.27. The third-order valence-electron chi connectivity index (χ3n) is 2.33. The van der Waals surface area contributed by atoms with Crippen molar-refractivity contribution in [3.63, 3.8) is 0 Å². The summed E-state index contributed by atoms with van der Waals surface area (Å²) in [6.45, 7) is 4.12. The minimum Gasteiger partial charge on any atom is -0.481 e. The van der Waals surface area contributed by atoms with Crippen LogP contribution in [-0.4, -0.2) is 15.5 Å². The highest BCUT2D eigenvalue weighted by atomic mass is 32.1. The van der Waals surface area contributed by atoms with Crippen LogP contribution in [0, 0.1) is 13.8 Å². The van der Waals surface area contributed by atoms with Crippen molar-refractivity contribution < 1.29 is 9.90 Å². The fourth-order valence-electron chi connectivity index (χ4n) is 1.51. The second-order valence-corrected chi connectivity index (χ2v) is 4.61. The van der Waals surface area contributed by atoms with E-state index in [1.165, 1.54) is 10.6 Å². The average Bonchev–Trinajstić information content (AvgIpc) is 2.54. The Hall–Kier alpha value is -1.29. The van der Waals surface area contributed by atoms with Gasteiger partial charge < -0.3 is 9.51 Å². The Balaban J connectivity index is 2.48. The highest BCUT2D eigenvalue weighted by molar-refractivity contribution is 7.17. The molecule has 0 unspecified atom stereocenters. The SMILES string of the molecule is Cc1sc2cc(CC(=O)O)cn2c1C. The number of fused-ring (bicyclic) bond motifs is 1. The van der Waals surface area contributed by atoms with Gasteiger partial charge in [0.25, 0.3) is 0 Å². The first-order valence-corrected chi connectivity index (χ1v) is 5.18. The lowest BCUT2D eigenvalue weighted by molar-refractivity contribution is -0.136. The van der Waals surface area contributed by atoms with Gasteiger partial charge in [0, 0.05) is 16.8 Å². The molecule has 0 bridgehead atoms. The number of rotatable bonds is 2. The van der Waals surface area contributed by atoms with Gasteiger partial charge in [-0.05, 0) is 25.5 Å². The van der Waals surface area contributed by atoms with E-state index in [0.29, 0.717) is 0 Å². The number of hydrogen-bond donors (Lipinski definition) is 1. The van der Waals surface area contributed by atoms with E-state index in [4.69, 9.17) is 5.11 Å². The Kier molecular flexibility index (Phi) is 2.07. The third kappa shape index (κ3) is 1.42. The molecule has 0 aliphatic rings. The van der Waals surface area contributed by atoms with Crippen LogP contribution >= 0.6 is 11.3 Å². The number of carbonyl (C=O) groups is 1. The second kappa shape index (κ2) is 3.13. The molecule has 74 valence electrons. The van der Waals surface area contributed by atoms with Gasteiger partial charge >= 0.3 is 5.97 Å². The first-order chi connectivity index (χ1) is 6.58. The van der Waals surface area contributed by atoms with E-state index in [9.17, 15) is 4.79 Å². The first-order valence-electron chi connectivity index (χ1n) is 4.36. The molecule has 0 aromatic carbocycles. The van der Waals surface area contributed by atoms with Gasteiger partial charge in [0.1, 0.15) is 0 Å². The number of nitrogens with zero attached hydrogens (tertiary/aromatic N) is 1. The van der Waals surface area contributed by atoms with E-state index in [1.807, 2.05) is 19.2 Å². The summed E-state index contributed by atoms with van der Waals surface area (Å²) in [7, 11) is 0. The Bertz CT molecular complexity index is 495. The molecule has 0 amide bonds. The van der Waals surface area contributed by atoms with Crippen LogP contribution in [-0.2, 0) is 11.2 Å². The maximum absolute atomic E-state index is 10.5. The zero-order chi connectivity index (χ0) is 10.3. The molecule has 0 aliphatic heterocycles. The normalized spacial score (nSPS) is 11.0. The van der Waals surface area contributed by atoms with E-state index in [2.05, 4.69) is 11.3 Å². The number of hydrogen-bond acceptors (Lipinski definition) is 2. The number of carboxylic acids is 1. The maximum Gasteiger partial charge on any atom is 0.307 e.